The number of azide groups is 3. The minimum absolute atomic E-state index is 0.0106. The fraction of sp³-hybridized carbons (Fsp3) is 0.771. The van der Waals surface area contributed by atoms with Gasteiger partial charge in [0.1, 0.15) is 12.2 Å². The molecule has 0 radical (unpaired) electrons. The van der Waals surface area contributed by atoms with Gasteiger partial charge in [-0.3, -0.25) is 4.79 Å². The first-order valence-corrected chi connectivity index (χ1v) is 18.2. The summed E-state index contributed by atoms with van der Waals surface area (Å²) >= 11 is 0. The second kappa shape index (κ2) is 19.3. The maximum atomic E-state index is 13.4. The molecule has 18 nitrogen and oxygen atoms in total. The van der Waals surface area contributed by atoms with E-state index in [1.165, 1.54) is 6.92 Å². The van der Waals surface area contributed by atoms with Gasteiger partial charge in [0.15, 0.2) is 31.0 Å². The Morgan fingerprint density at radius 3 is 2.06 bits per heavy atom. The minimum Gasteiger partial charge on any atom is -0.457 e. The van der Waals surface area contributed by atoms with Crippen molar-refractivity contribution >= 4 is 11.9 Å². The van der Waals surface area contributed by atoms with E-state index in [1.54, 1.807) is 44.2 Å². The molecule has 0 spiro atoms. The summed E-state index contributed by atoms with van der Waals surface area (Å²) < 4.78 is 44.5. The maximum Gasteiger partial charge on any atom is 0.338 e. The average molecular weight is 742 g/mol. The van der Waals surface area contributed by atoms with Crippen LogP contribution in [0.25, 0.3) is 31.3 Å². The number of rotatable bonds is 15. The third kappa shape index (κ3) is 9.91. The molecule has 0 bridgehead atoms. The summed E-state index contributed by atoms with van der Waals surface area (Å²) in [6, 6.07) is 6.89. The first kappa shape index (κ1) is 41.6. The van der Waals surface area contributed by atoms with Crippen LogP contribution in [0.4, 0.5) is 0 Å². The topological polar surface area (TPSA) is 245 Å². The van der Waals surface area contributed by atoms with Crippen LogP contribution in [0.2, 0.25) is 0 Å². The third-order valence-electron chi connectivity index (χ3n) is 10.4. The minimum atomic E-state index is -1.33. The van der Waals surface area contributed by atoms with Crippen molar-refractivity contribution in [3.63, 3.8) is 0 Å². The second-order valence-electron chi connectivity index (χ2n) is 14.3. The van der Waals surface area contributed by atoms with Crippen LogP contribution in [0.1, 0.15) is 85.0 Å². The molecule has 0 aromatic heterocycles. The standard InChI is InChI=1S/C35H51N9O9/c1-9-10-16-24-29(47-22(8)45)30(31(32(48-24)41-44-38)53-34-25(40-43-37)18(4)19(5)26(50-34)17(2)3)52-35-28(20(6)27(51-35)21(7)39-42-36)49-33(46)23-14-12-11-13-15-23/h11-15,17-21,24-32,34-35H,9-10,16H2,1-8H3/t18-,19-,20?,21-,24-,25?,26?,27-,28?,29?,30+,31-,32?,34+,35-/m0/s1. The van der Waals surface area contributed by atoms with Crippen molar-refractivity contribution in [2.45, 2.75) is 148 Å². The van der Waals surface area contributed by atoms with Crippen LogP contribution < -0.4 is 0 Å². The molecule has 3 aliphatic heterocycles. The summed E-state index contributed by atoms with van der Waals surface area (Å²) in [5.74, 6) is -1.97. The Bertz CT molecular complexity index is 1540. The molecule has 6 unspecified atom stereocenters. The molecule has 0 saturated carbocycles. The Morgan fingerprint density at radius 2 is 1.45 bits per heavy atom. The van der Waals surface area contributed by atoms with E-state index in [9.17, 15) is 26.2 Å². The second-order valence-corrected chi connectivity index (χ2v) is 14.3. The van der Waals surface area contributed by atoms with Gasteiger partial charge in [0.05, 0.1) is 36.0 Å². The van der Waals surface area contributed by atoms with Gasteiger partial charge in [-0.15, -0.1) is 0 Å². The van der Waals surface area contributed by atoms with Gasteiger partial charge in [-0.1, -0.05) is 94.8 Å². The van der Waals surface area contributed by atoms with Gasteiger partial charge in [-0.25, -0.2) is 4.79 Å². The predicted molar refractivity (Wildman–Crippen MR) is 189 cm³/mol. The first-order chi connectivity index (χ1) is 25.4. The van der Waals surface area contributed by atoms with E-state index >= 15 is 0 Å². The van der Waals surface area contributed by atoms with Crippen molar-refractivity contribution in [3.8, 4) is 0 Å². The molecule has 1 aromatic carbocycles. The highest BCUT2D eigenvalue weighted by atomic mass is 16.8. The highest BCUT2D eigenvalue weighted by Gasteiger charge is 2.56. The number of nitrogens with zero attached hydrogens (tertiary/aromatic N) is 9. The molecular weight excluding hydrogens is 690 g/mol. The van der Waals surface area contributed by atoms with E-state index in [0.717, 1.165) is 6.42 Å². The lowest BCUT2D eigenvalue weighted by molar-refractivity contribution is -0.332. The van der Waals surface area contributed by atoms with E-state index < -0.39 is 85.4 Å². The quantitative estimate of drug-likeness (QED) is 0.0744. The van der Waals surface area contributed by atoms with E-state index in [0.29, 0.717) is 18.4 Å². The molecule has 0 N–H and O–H groups in total. The Hall–Kier alpha value is -4.11. The molecule has 15 atom stereocenters. The average Bonchev–Trinajstić information content (AvgIpc) is 3.43. The molecular formula is C35H51N9O9. The molecule has 18 heteroatoms. The van der Waals surface area contributed by atoms with Gasteiger partial charge >= 0.3 is 11.9 Å². The van der Waals surface area contributed by atoms with Crippen LogP contribution in [0.15, 0.2) is 45.7 Å². The van der Waals surface area contributed by atoms with E-state index in [2.05, 4.69) is 30.1 Å². The lowest BCUT2D eigenvalue weighted by atomic mass is 9.78. The molecule has 4 rings (SSSR count). The zero-order valence-electron chi connectivity index (χ0n) is 31.4. The summed E-state index contributed by atoms with van der Waals surface area (Å²) in [4.78, 5) is 35.2. The van der Waals surface area contributed by atoms with Crippen LogP contribution in [-0.4, -0.2) is 85.6 Å². The van der Waals surface area contributed by atoms with Crippen LogP contribution in [0.3, 0.4) is 0 Å². The lowest BCUT2D eigenvalue weighted by Gasteiger charge is -2.49. The molecule has 3 fully saturated rings. The highest BCUT2D eigenvalue weighted by Crippen LogP contribution is 2.42. The van der Waals surface area contributed by atoms with Crippen LogP contribution in [0.5, 0.6) is 0 Å². The van der Waals surface area contributed by atoms with Gasteiger partial charge in [0.25, 0.3) is 0 Å². The van der Waals surface area contributed by atoms with Gasteiger partial charge in [-0.05, 0) is 52.9 Å². The number of carbonyl (C=O) groups excluding carboxylic acids is 2. The fourth-order valence-corrected chi connectivity index (χ4v) is 7.46. The van der Waals surface area contributed by atoms with Crippen LogP contribution in [-0.2, 0) is 38.0 Å². The highest BCUT2D eigenvalue weighted by molar-refractivity contribution is 5.89. The van der Waals surface area contributed by atoms with Gasteiger partial charge < -0.3 is 33.2 Å². The van der Waals surface area contributed by atoms with E-state index in [4.69, 9.17) is 33.2 Å². The van der Waals surface area contributed by atoms with Crippen molar-refractivity contribution in [2.75, 3.05) is 0 Å². The molecule has 290 valence electrons. The van der Waals surface area contributed by atoms with E-state index in [-0.39, 0.29) is 23.9 Å². The number of unbranched alkanes of at least 4 members (excludes halogenated alkanes) is 1. The third-order valence-corrected chi connectivity index (χ3v) is 10.4. The number of carbonyl (C=O) groups is 2. The normalized spacial score (nSPS) is 35.9. The number of hydrogen-bond acceptors (Lipinski definition) is 12. The van der Waals surface area contributed by atoms with Crippen molar-refractivity contribution in [1.29, 1.82) is 0 Å². The van der Waals surface area contributed by atoms with Gasteiger partial charge in [-0.2, -0.15) is 0 Å². The zero-order valence-corrected chi connectivity index (χ0v) is 31.4. The molecule has 1 aromatic rings. The fourth-order valence-electron chi connectivity index (χ4n) is 7.46. The number of hydrogen-bond donors (Lipinski definition) is 0. The van der Waals surface area contributed by atoms with Crippen molar-refractivity contribution in [2.24, 2.45) is 39.0 Å². The number of ether oxygens (including phenoxy) is 7. The van der Waals surface area contributed by atoms with E-state index in [1.807, 2.05) is 34.6 Å². The largest absolute Gasteiger partial charge is 0.457 e. The Labute approximate surface area is 309 Å². The summed E-state index contributed by atoms with van der Waals surface area (Å²) in [7, 11) is 0. The molecule has 53 heavy (non-hydrogen) atoms. The van der Waals surface area contributed by atoms with Gasteiger partial charge in [0, 0.05) is 27.6 Å². The molecule has 0 aliphatic carbocycles. The van der Waals surface area contributed by atoms with Crippen LogP contribution >= 0.6 is 0 Å². The lowest BCUT2D eigenvalue weighted by Crippen LogP contribution is -2.63. The smallest absolute Gasteiger partial charge is 0.338 e. The maximum absolute atomic E-state index is 13.4. The number of benzene rings is 1. The summed E-state index contributed by atoms with van der Waals surface area (Å²) in [5.41, 5.74) is 28.8. The first-order valence-electron chi connectivity index (χ1n) is 18.2. The van der Waals surface area contributed by atoms with Crippen molar-refractivity contribution in [1.82, 2.24) is 0 Å². The molecule has 0 amide bonds. The molecule has 3 saturated heterocycles. The summed E-state index contributed by atoms with van der Waals surface area (Å²) in [5, 5.41) is 11.8. The Balaban J connectivity index is 1.82. The molecule has 3 aliphatic rings. The molecule has 3 heterocycles. The monoisotopic (exact) mass is 741 g/mol. The Kier molecular flexibility index (Phi) is 15.2. The Morgan fingerprint density at radius 1 is 0.792 bits per heavy atom. The van der Waals surface area contributed by atoms with Crippen LogP contribution in [0, 0.1) is 23.7 Å². The zero-order chi connectivity index (χ0) is 38.8. The predicted octanol–water partition coefficient (Wildman–Crippen LogP) is 7.53. The summed E-state index contributed by atoms with van der Waals surface area (Å²) in [6.07, 6.45) is -8.60. The SMILES string of the molecule is CCCC[C@@H]1OC(N=[N+]=[N-])[C@@H](O[C@H]2OC(C(C)C)[C@@H](C)[C@H](C)C2N=[N+]=[N-])[C@H](O[C@@H]2O[C@H]([C@H](C)N=[N+]=[N-])C(C)C2OC(=O)c2ccccc2)C1OC(C)=O. The number of esters is 2. The van der Waals surface area contributed by atoms with Crippen molar-refractivity contribution < 1.29 is 42.7 Å². The summed E-state index contributed by atoms with van der Waals surface area (Å²) in [6.45, 7) is 14.7. The van der Waals surface area contributed by atoms with Gasteiger partial charge in [0.2, 0.25) is 0 Å². The van der Waals surface area contributed by atoms with Crippen molar-refractivity contribution in [3.05, 3.63) is 67.2 Å².